The van der Waals surface area contributed by atoms with E-state index >= 15 is 0 Å². The van der Waals surface area contributed by atoms with Crippen molar-refractivity contribution >= 4 is 22.8 Å². The van der Waals surface area contributed by atoms with E-state index in [2.05, 4.69) is 26.0 Å². The summed E-state index contributed by atoms with van der Waals surface area (Å²) in [7, 11) is 0. The number of amides is 2. The van der Waals surface area contributed by atoms with Gasteiger partial charge in [-0.15, -0.1) is 0 Å². The molecule has 0 spiro atoms. The summed E-state index contributed by atoms with van der Waals surface area (Å²) in [6.07, 6.45) is 1.12. The molecule has 2 amide bonds. The molecule has 0 saturated carbocycles. The molecule has 0 bridgehead atoms. The predicted molar refractivity (Wildman–Crippen MR) is 67.4 cm³/mol. The van der Waals surface area contributed by atoms with Crippen LogP contribution in [0.2, 0.25) is 0 Å². The highest BCUT2D eigenvalue weighted by atomic mass is 16.2. The van der Waals surface area contributed by atoms with Gasteiger partial charge in [0.25, 0.3) is 5.91 Å². The number of carbonyl (C=O) groups is 2. The standard InChI is InChI=1S/C12H13N5O2/c18-11-4-2-8(6-13-11)14-12(19)7-1-3-9-10(5-7)16-17-15-9/h1,3,5,8H,2,4,6H2,(H,13,18)(H,14,19)(H,15,16,17). The highest BCUT2D eigenvalue weighted by Gasteiger charge is 2.20. The lowest BCUT2D eigenvalue weighted by atomic mass is 10.1. The van der Waals surface area contributed by atoms with Crippen molar-refractivity contribution in [1.29, 1.82) is 0 Å². The van der Waals surface area contributed by atoms with Crippen molar-refractivity contribution in [2.75, 3.05) is 6.54 Å². The minimum absolute atomic E-state index is 0.0156. The molecule has 0 aliphatic carbocycles. The Morgan fingerprint density at radius 3 is 2.95 bits per heavy atom. The van der Waals surface area contributed by atoms with Crippen LogP contribution in [0.4, 0.5) is 0 Å². The van der Waals surface area contributed by atoms with E-state index in [1.54, 1.807) is 18.2 Å². The quantitative estimate of drug-likeness (QED) is 0.705. The molecular weight excluding hydrogens is 246 g/mol. The summed E-state index contributed by atoms with van der Waals surface area (Å²) in [5.41, 5.74) is 1.92. The van der Waals surface area contributed by atoms with Gasteiger partial charge in [-0.1, -0.05) is 0 Å². The fraction of sp³-hybridized carbons (Fsp3) is 0.333. The number of fused-ring (bicyclic) bond motifs is 1. The molecule has 1 aromatic heterocycles. The van der Waals surface area contributed by atoms with Gasteiger partial charge in [-0.2, -0.15) is 15.4 Å². The second-order valence-corrected chi connectivity index (χ2v) is 4.54. The lowest BCUT2D eigenvalue weighted by molar-refractivity contribution is -0.122. The second-order valence-electron chi connectivity index (χ2n) is 4.54. The maximum Gasteiger partial charge on any atom is 0.251 e. The number of hydrogen-bond donors (Lipinski definition) is 3. The molecule has 3 rings (SSSR count). The van der Waals surface area contributed by atoms with Gasteiger partial charge >= 0.3 is 0 Å². The lowest BCUT2D eigenvalue weighted by Crippen LogP contribution is -2.47. The molecule has 1 aromatic carbocycles. The van der Waals surface area contributed by atoms with Gasteiger partial charge in [0, 0.05) is 24.6 Å². The summed E-state index contributed by atoms with van der Waals surface area (Å²) in [5.74, 6) is -0.124. The van der Waals surface area contributed by atoms with Gasteiger partial charge in [0.15, 0.2) is 0 Å². The molecule has 1 unspecified atom stereocenters. The summed E-state index contributed by atoms with van der Waals surface area (Å²) in [5, 5.41) is 16.0. The zero-order chi connectivity index (χ0) is 13.2. The first kappa shape index (κ1) is 11.6. The number of carbonyl (C=O) groups excluding carboxylic acids is 2. The van der Waals surface area contributed by atoms with Gasteiger partial charge < -0.3 is 10.6 Å². The van der Waals surface area contributed by atoms with E-state index < -0.39 is 0 Å². The van der Waals surface area contributed by atoms with E-state index in [1.807, 2.05) is 0 Å². The Morgan fingerprint density at radius 2 is 2.16 bits per heavy atom. The van der Waals surface area contributed by atoms with Crippen molar-refractivity contribution in [3.8, 4) is 0 Å². The monoisotopic (exact) mass is 259 g/mol. The topological polar surface area (TPSA) is 99.8 Å². The Balaban J connectivity index is 1.71. The fourth-order valence-corrected chi connectivity index (χ4v) is 2.11. The van der Waals surface area contributed by atoms with E-state index in [9.17, 15) is 9.59 Å². The van der Waals surface area contributed by atoms with Crippen LogP contribution in [0.5, 0.6) is 0 Å². The predicted octanol–water partition coefficient (Wildman–Crippen LogP) is -0.0337. The summed E-state index contributed by atoms with van der Waals surface area (Å²) >= 11 is 0. The van der Waals surface area contributed by atoms with Crippen LogP contribution >= 0.6 is 0 Å². The molecule has 2 heterocycles. The Kier molecular flexibility index (Phi) is 2.86. The third kappa shape index (κ3) is 2.40. The summed E-state index contributed by atoms with van der Waals surface area (Å²) in [4.78, 5) is 23.1. The third-order valence-electron chi connectivity index (χ3n) is 3.18. The van der Waals surface area contributed by atoms with Crippen molar-refractivity contribution < 1.29 is 9.59 Å². The molecule has 98 valence electrons. The molecular formula is C12H13N5O2. The largest absolute Gasteiger partial charge is 0.354 e. The molecule has 0 radical (unpaired) electrons. The molecule has 1 aliphatic heterocycles. The van der Waals surface area contributed by atoms with Crippen LogP contribution < -0.4 is 10.6 Å². The zero-order valence-corrected chi connectivity index (χ0v) is 10.1. The SMILES string of the molecule is O=C1CCC(NC(=O)c2ccc3n[nH]nc3c2)CN1. The Labute approximate surface area is 108 Å². The first-order valence-corrected chi connectivity index (χ1v) is 6.10. The molecule has 3 N–H and O–H groups in total. The Bertz CT molecular complexity index is 626. The average molecular weight is 259 g/mol. The van der Waals surface area contributed by atoms with Crippen molar-refractivity contribution in [2.24, 2.45) is 0 Å². The van der Waals surface area contributed by atoms with E-state index in [-0.39, 0.29) is 17.9 Å². The zero-order valence-electron chi connectivity index (χ0n) is 10.1. The van der Waals surface area contributed by atoms with Gasteiger partial charge in [0.1, 0.15) is 11.0 Å². The molecule has 7 heteroatoms. The van der Waals surface area contributed by atoms with Gasteiger partial charge in [-0.25, -0.2) is 0 Å². The van der Waals surface area contributed by atoms with Gasteiger partial charge in [0.05, 0.1) is 0 Å². The van der Waals surface area contributed by atoms with Gasteiger partial charge in [-0.05, 0) is 24.6 Å². The number of hydrogen-bond acceptors (Lipinski definition) is 4. The van der Waals surface area contributed by atoms with Crippen LogP contribution in [0.15, 0.2) is 18.2 Å². The molecule has 1 saturated heterocycles. The Morgan fingerprint density at radius 1 is 1.32 bits per heavy atom. The molecule has 1 aliphatic rings. The average Bonchev–Trinajstić information content (AvgIpc) is 2.88. The normalized spacial score (nSPS) is 19.2. The van der Waals surface area contributed by atoms with Crippen molar-refractivity contribution in [1.82, 2.24) is 26.0 Å². The van der Waals surface area contributed by atoms with Crippen LogP contribution in [-0.4, -0.2) is 39.8 Å². The van der Waals surface area contributed by atoms with Crippen molar-refractivity contribution in [3.05, 3.63) is 23.8 Å². The fourth-order valence-electron chi connectivity index (χ4n) is 2.11. The number of rotatable bonds is 2. The minimum atomic E-state index is -0.161. The maximum atomic E-state index is 12.1. The molecule has 19 heavy (non-hydrogen) atoms. The van der Waals surface area contributed by atoms with Crippen molar-refractivity contribution in [3.63, 3.8) is 0 Å². The lowest BCUT2D eigenvalue weighted by Gasteiger charge is -2.23. The van der Waals surface area contributed by atoms with Crippen molar-refractivity contribution in [2.45, 2.75) is 18.9 Å². The smallest absolute Gasteiger partial charge is 0.251 e. The van der Waals surface area contributed by atoms with Crippen LogP contribution in [0.25, 0.3) is 11.0 Å². The number of piperidine rings is 1. The second kappa shape index (κ2) is 4.68. The number of aromatic amines is 1. The van der Waals surface area contributed by atoms with Gasteiger partial charge in [-0.3, -0.25) is 9.59 Å². The molecule has 7 nitrogen and oxygen atoms in total. The minimum Gasteiger partial charge on any atom is -0.354 e. The van der Waals surface area contributed by atoms with Crippen LogP contribution in [-0.2, 0) is 4.79 Å². The van der Waals surface area contributed by atoms with Crippen LogP contribution in [0, 0.1) is 0 Å². The maximum absolute atomic E-state index is 12.1. The van der Waals surface area contributed by atoms with E-state index in [1.165, 1.54) is 0 Å². The number of nitrogens with one attached hydrogen (secondary N) is 3. The number of H-pyrrole nitrogens is 1. The highest BCUT2D eigenvalue weighted by molar-refractivity contribution is 5.97. The van der Waals surface area contributed by atoms with Crippen LogP contribution in [0.1, 0.15) is 23.2 Å². The first-order chi connectivity index (χ1) is 9.22. The van der Waals surface area contributed by atoms with Gasteiger partial charge in [0.2, 0.25) is 5.91 Å². The summed E-state index contributed by atoms with van der Waals surface area (Å²) < 4.78 is 0. The Hall–Kier alpha value is -2.44. The summed E-state index contributed by atoms with van der Waals surface area (Å²) in [6, 6.07) is 5.13. The van der Waals surface area contributed by atoms with E-state index in [0.29, 0.717) is 30.5 Å². The van der Waals surface area contributed by atoms with E-state index in [0.717, 1.165) is 5.52 Å². The third-order valence-corrected chi connectivity index (χ3v) is 3.18. The molecule has 2 aromatic rings. The highest BCUT2D eigenvalue weighted by Crippen LogP contribution is 2.11. The summed E-state index contributed by atoms with van der Waals surface area (Å²) in [6.45, 7) is 0.483. The molecule has 1 fully saturated rings. The first-order valence-electron chi connectivity index (χ1n) is 6.10. The number of benzene rings is 1. The number of nitrogens with zero attached hydrogens (tertiary/aromatic N) is 2. The van der Waals surface area contributed by atoms with E-state index in [4.69, 9.17) is 0 Å². The number of aromatic nitrogens is 3. The molecule has 1 atom stereocenters. The van der Waals surface area contributed by atoms with Crippen LogP contribution in [0.3, 0.4) is 0 Å².